The molecule has 0 unspecified atom stereocenters. The molecule has 1 aromatic carbocycles. The van der Waals surface area contributed by atoms with Gasteiger partial charge in [-0.3, -0.25) is 9.59 Å². The second kappa shape index (κ2) is 6.38. The number of hydrogen-bond acceptors (Lipinski definition) is 4. The number of carbonyl (C=O) groups is 2. The van der Waals surface area contributed by atoms with Gasteiger partial charge in [0.15, 0.2) is 12.0 Å². The molecule has 2 rings (SSSR count). The van der Waals surface area contributed by atoms with Gasteiger partial charge >= 0.3 is 5.97 Å². The molecule has 21 heavy (non-hydrogen) atoms. The summed E-state index contributed by atoms with van der Waals surface area (Å²) in [4.78, 5) is 36.8. The van der Waals surface area contributed by atoms with Gasteiger partial charge in [0, 0.05) is 18.5 Å². The summed E-state index contributed by atoms with van der Waals surface area (Å²) in [5, 5.41) is 11.1. The fourth-order valence-corrected chi connectivity index (χ4v) is 1.62. The van der Waals surface area contributed by atoms with Crippen LogP contribution in [0.25, 0.3) is 0 Å². The Hall–Kier alpha value is -3.09. The number of pyridine rings is 1. The minimum atomic E-state index is -1.13. The molecule has 0 fully saturated rings. The zero-order chi connectivity index (χ0) is 15.2. The normalized spacial score (nSPS) is 9.90. The largest absolute Gasteiger partial charge is 0.480 e. The number of ether oxygens (including phenoxy) is 1. The van der Waals surface area contributed by atoms with Crippen molar-refractivity contribution in [1.29, 1.82) is 0 Å². The summed E-state index contributed by atoms with van der Waals surface area (Å²) >= 11 is 0. The fraction of sp³-hybridized carbons (Fsp3) is 0.0714. The zero-order valence-corrected chi connectivity index (χ0v) is 10.8. The lowest BCUT2D eigenvalue weighted by atomic mass is 10.2. The quantitative estimate of drug-likeness (QED) is 0.763. The predicted molar refractivity (Wildman–Crippen MR) is 74.6 cm³/mol. The monoisotopic (exact) mass is 288 g/mol. The van der Waals surface area contributed by atoms with Crippen molar-refractivity contribution in [1.82, 2.24) is 4.98 Å². The van der Waals surface area contributed by atoms with Crippen molar-refractivity contribution >= 4 is 17.6 Å². The van der Waals surface area contributed by atoms with E-state index in [1.165, 1.54) is 24.5 Å². The highest BCUT2D eigenvalue weighted by Gasteiger charge is 2.13. The summed E-state index contributed by atoms with van der Waals surface area (Å²) in [7, 11) is 0. The zero-order valence-electron chi connectivity index (χ0n) is 10.8. The van der Waals surface area contributed by atoms with Crippen molar-refractivity contribution in [2.75, 3.05) is 11.9 Å². The molecule has 3 N–H and O–H groups in total. The number of carbonyl (C=O) groups excluding carboxylic acids is 1. The molecule has 0 aliphatic carbocycles. The van der Waals surface area contributed by atoms with Gasteiger partial charge in [-0.15, -0.1) is 0 Å². The number of benzene rings is 1. The van der Waals surface area contributed by atoms with Crippen molar-refractivity contribution < 1.29 is 19.4 Å². The van der Waals surface area contributed by atoms with E-state index in [0.717, 1.165) is 0 Å². The molecule has 108 valence electrons. The standard InChI is InChI=1S/C14H12N2O5/c17-11-5-6-15-7-9(11)14(20)16-10-3-1-2-4-12(10)21-8-13(18)19/h1-7H,8H2,(H,15,17)(H,16,20)(H,18,19). The van der Waals surface area contributed by atoms with Crippen LogP contribution in [0, 0.1) is 0 Å². The number of rotatable bonds is 5. The number of para-hydroxylation sites is 2. The molecule has 0 bridgehead atoms. The van der Waals surface area contributed by atoms with Crippen LogP contribution in [0.4, 0.5) is 5.69 Å². The second-order valence-corrected chi connectivity index (χ2v) is 4.05. The molecule has 7 nitrogen and oxygen atoms in total. The van der Waals surface area contributed by atoms with Crippen LogP contribution in [0.15, 0.2) is 47.5 Å². The Bertz CT molecular complexity index is 723. The summed E-state index contributed by atoms with van der Waals surface area (Å²) in [5.74, 6) is -1.53. The van der Waals surface area contributed by atoms with Crippen LogP contribution in [-0.2, 0) is 4.79 Å². The smallest absolute Gasteiger partial charge is 0.341 e. The van der Waals surface area contributed by atoms with Gasteiger partial charge in [-0.2, -0.15) is 0 Å². The summed E-state index contributed by atoms with van der Waals surface area (Å²) in [6.45, 7) is -0.529. The van der Waals surface area contributed by atoms with Crippen molar-refractivity contribution in [3.63, 3.8) is 0 Å². The number of carboxylic acid groups (broad SMARTS) is 1. The van der Waals surface area contributed by atoms with Crippen molar-refractivity contribution in [2.24, 2.45) is 0 Å². The van der Waals surface area contributed by atoms with Gasteiger partial charge in [-0.1, -0.05) is 12.1 Å². The molecule has 1 aromatic heterocycles. The molecule has 1 heterocycles. The maximum atomic E-state index is 12.0. The minimum Gasteiger partial charge on any atom is -0.480 e. The number of nitrogens with one attached hydrogen (secondary N) is 2. The Morgan fingerprint density at radius 2 is 2.00 bits per heavy atom. The fourth-order valence-electron chi connectivity index (χ4n) is 1.62. The first-order valence-electron chi connectivity index (χ1n) is 6.00. The van der Waals surface area contributed by atoms with Crippen LogP contribution in [0.2, 0.25) is 0 Å². The summed E-state index contributed by atoms with van der Waals surface area (Å²) in [5.41, 5.74) is -0.187. The van der Waals surface area contributed by atoms with E-state index in [-0.39, 0.29) is 17.0 Å². The number of aliphatic carboxylic acids is 1. The van der Waals surface area contributed by atoms with Crippen LogP contribution >= 0.6 is 0 Å². The van der Waals surface area contributed by atoms with Gasteiger partial charge in [0.1, 0.15) is 11.3 Å². The van der Waals surface area contributed by atoms with Crippen LogP contribution in [-0.4, -0.2) is 28.6 Å². The topological polar surface area (TPSA) is 108 Å². The second-order valence-electron chi connectivity index (χ2n) is 4.05. The SMILES string of the molecule is O=C(O)COc1ccccc1NC(=O)c1c[nH]ccc1=O. The van der Waals surface area contributed by atoms with E-state index < -0.39 is 23.9 Å². The average molecular weight is 288 g/mol. The highest BCUT2D eigenvalue weighted by Crippen LogP contribution is 2.23. The molecule has 7 heteroatoms. The number of H-pyrrole nitrogens is 1. The molecular weight excluding hydrogens is 276 g/mol. The highest BCUT2D eigenvalue weighted by atomic mass is 16.5. The molecular formula is C14H12N2O5. The van der Waals surface area contributed by atoms with E-state index in [1.54, 1.807) is 18.2 Å². The lowest BCUT2D eigenvalue weighted by Gasteiger charge is -2.10. The Morgan fingerprint density at radius 1 is 1.24 bits per heavy atom. The van der Waals surface area contributed by atoms with E-state index in [2.05, 4.69) is 10.3 Å². The molecule has 0 radical (unpaired) electrons. The van der Waals surface area contributed by atoms with Gasteiger partial charge < -0.3 is 20.1 Å². The Labute approximate surface area is 119 Å². The van der Waals surface area contributed by atoms with E-state index in [0.29, 0.717) is 0 Å². The molecule has 0 spiro atoms. The Balaban J connectivity index is 2.20. The summed E-state index contributed by atoms with van der Waals surface area (Å²) < 4.78 is 5.07. The molecule has 0 aliphatic rings. The molecule has 0 aliphatic heterocycles. The van der Waals surface area contributed by atoms with Crippen molar-refractivity contribution in [2.45, 2.75) is 0 Å². The summed E-state index contributed by atoms with van der Waals surface area (Å²) in [6, 6.07) is 7.60. The van der Waals surface area contributed by atoms with E-state index in [1.807, 2.05) is 0 Å². The van der Waals surface area contributed by atoms with E-state index in [4.69, 9.17) is 9.84 Å². The third kappa shape index (κ3) is 3.69. The van der Waals surface area contributed by atoms with E-state index in [9.17, 15) is 14.4 Å². The predicted octanol–water partition coefficient (Wildman–Crippen LogP) is 1.09. The van der Waals surface area contributed by atoms with Gasteiger partial charge in [-0.05, 0) is 12.1 Å². The number of hydrogen-bond donors (Lipinski definition) is 3. The number of amides is 1. The van der Waals surface area contributed by atoms with Crippen LogP contribution < -0.4 is 15.5 Å². The van der Waals surface area contributed by atoms with Crippen LogP contribution in [0.5, 0.6) is 5.75 Å². The number of carboxylic acids is 1. The summed E-state index contributed by atoms with van der Waals surface area (Å²) in [6.07, 6.45) is 2.71. The van der Waals surface area contributed by atoms with Gasteiger partial charge in [-0.25, -0.2) is 4.79 Å². The maximum Gasteiger partial charge on any atom is 0.341 e. The maximum absolute atomic E-state index is 12.0. The first kappa shape index (κ1) is 14.3. The molecule has 2 aromatic rings. The van der Waals surface area contributed by atoms with E-state index >= 15 is 0 Å². The molecule has 0 saturated heterocycles. The van der Waals surface area contributed by atoms with Gasteiger partial charge in [0.2, 0.25) is 0 Å². The molecule has 0 atom stereocenters. The minimum absolute atomic E-state index is 0.0504. The third-order valence-corrected chi connectivity index (χ3v) is 2.56. The lowest BCUT2D eigenvalue weighted by Crippen LogP contribution is -2.21. The third-order valence-electron chi connectivity index (χ3n) is 2.56. The molecule has 1 amide bonds. The molecule has 0 saturated carbocycles. The van der Waals surface area contributed by atoms with Crippen LogP contribution in [0.1, 0.15) is 10.4 Å². The number of aromatic nitrogens is 1. The first-order valence-corrected chi connectivity index (χ1v) is 6.00. The number of anilines is 1. The first-order chi connectivity index (χ1) is 10.1. The average Bonchev–Trinajstić information content (AvgIpc) is 2.46. The Morgan fingerprint density at radius 3 is 2.71 bits per heavy atom. The van der Waals surface area contributed by atoms with Crippen molar-refractivity contribution in [3.8, 4) is 5.75 Å². The van der Waals surface area contributed by atoms with Crippen LogP contribution in [0.3, 0.4) is 0 Å². The lowest BCUT2D eigenvalue weighted by molar-refractivity contribution is -0.139. The van der Waals surface area contributed by atoms with Crippen molar-refractivity contribution in [3.05, 3.63) is 58.5 Å². The van der Waals surface area contributed by atoms with Gasteiger partial charge in [0.05, 0.1) is 5.69 Å². The van der Waals surface area contributed by atoms with Gasteiger partial charge in [0.25, 0.3) is 5.91 Å². The highest BCUT2D eigenvalue weighted by molar-refractivity contribution is 6.04. The number of aromatic amines is 1. The Kier molecular flexibility index (Phi) is 4.35.